The highest BCUT2D eigenvalue weighted by atomic mass is 16.6. The van der Waals surface area contributed by atoms with E-state index < -0.39 is 0 Å². The fourth-order valence-electron chi connectivity index (χ4n) is 4.83. The molecule has 3 aromatic rings. The molecule has 2 aliphatic rings. The van der Waals surface area contributed by atoms with Crippen LogP contribution in [0.4, 0.5) is 0 Å². The van der Waals surface area contributed by atoms with Crippen LogP contribution in [0.2, 0.25) is 0 Å². The second kappa shape index (κ2) is 8.79. The zero-order valence-electron chi connectivity index (χ0n) is 18.4. The van der Waals surface area contributed by atoms with Gasteiger partial charge < -0.3 is 18.9 Å². The highest BCUT2D eigenvalue weighted by Gasteiger charge is 2.44. The fourth-order valence-corrected chi connectivity index (χ4v) is 4.83. The summed E-state index contributed by atoms with van der Waals surface area (Å²) in [7, 11) is 0. The van der Waals surface area contributed by atoms with Crippen molar-refractivity contribution in [2.75, 3.05) is 19.7 Å². The van der Waals surface area contributed by atoms with Crippen LogP contribution in [0.1, 0.15) is 41.0 Å². The quantitative estimate of drug-likeness (QED) is 0.611. The Labute approximate surface area is 188 Å². The van der Waals surface area contributed by atoms with Crippen LogP contribution in [0.3, 0.4) is 0 Å². The van der Waals surface area contributed by atoms with E-state index in [1.807, 2.05) is 72.6 Å². The Hall–Kier alpha value is -3.12. The summed E-state index contributed by atoms with van der Waals surface area (Å²) in [4.78, 5) is 19.6. The summed E-state index contributed by atoms with van der Waals surface area (Å²) < 4.78 is 14.4. The van der Waals surface area contributed by atoms with E-state index in [2.05, 4.69) is 9.55 Å². The molecule has 0 unspecified atom stereocenters. The number of rotatable bonds is 5. The van der Waals surface area contributed by atoms with Gasteiger partial charge in [0.05, 0.1) is 12.2 Å². The summed E-state index contributed by atoms with van der Waals surface area (Å²) in [6, 6.07) is 17.8. The monoisotopic (exact) mass is 431 g/mol. The Morgan fingerprint density at radius 3 is 2.62 bits per heavy atom. The molecule has 0 saturated carbocycles. The molecule has 166 valence electrons. The van der Waals surface area contributed by atoms with E-state index in [0.29, 0.717) is 26.2 Å². The van der Waals surface area contributed by atoms with E-state index >= 15 is 0 Å². The summed E-state index contributed by atoms with van der Waals surface area (Å²) in [6.07, 6.45) is 6.37. The fraction of sp³-hybridized carbons (Fsp3) is 0.385. The molecule has 1 atom stereocenters. The van der Waals surface area contributed by atoms with Gasteiger partial charge in [-0.05, 0) is 43.5 Å². The van der Waals surface area contributed by atoms with Crippen molar-refractivity contribution in [3.8, 4) is 5.75 Å². The van der Waals surface area contributed by atoms with Gasteiger partial charge in [0.15, 0.2) is 0 Å². The van der Waals surface area contributed by atoms with E-state index in [-0.39, 0.29) is 17.6 Å². The highest BCUT2D eigenvalue weighted by molar-refractivity contribution is 5.95. The van der Waals surface area contributed by atoms with Gasteiger partial charge in [-0.25, -0.2) is 4.98 Å². The minimum Gasteiger partial charge on any atom is -0.488 e. The average molecular weight is 432 g/mol. The molecule has 1 amide bonds. The van der Waals surface area contributed by atoms with Crippen LogP contribution in [-0.4, -0.2) is 51.8 Å². The minimum atomic E-state index is -0.177. The van der Waals surface area contributed by atoms with Gasteiger partial charge in [0.25, 0.3) is 5.91 Å². The van der Waals surface area contributed by atoms with E-state index in [0.717, 1.165) is 42.0 Å². The van der Waals surface area contributed by atoms with Crippen LogP contribution in [-0.2, 0) is 11.3 Å². The third-order valence-corrected chi connectivity index (χ3v) is 6.70. The van der Waals surface area contributed by atoms with E-state index in [9.17, 15) is 4.79 Å². The molecular weight excluding hydrogens is 402 g/mol. The second-order valence-electron chi connectivity index (χ2n) is 8.80. The predicted octanol–water partition coefficient (Wildman–Crippen LogP) is 4.08. The summed E-state index contributed by atoms with van der Waals surface area (Å²) in [6.45, 7) is 4.64. The van der Waals surface area contributed by atoms with Crippen molar-refractivity contribution in [1.29, 1.82) is 0 Å². The van der Waals surface area contributed by atoms with Gasteiger partial charge in [-0.1, -0.05) is 36.4 Å². The third kappa shape index (κ3) is 4.28. The number of ether oxygens (including phenoxy) is 2. The molecule has 2 saturated heterocycles. The zero-order valence-corrected chi connectivity index (χ0v) is 18.4. The smallest absolute Gasteiger partial charge is 0.254 e. The van der Waals surface area contributed by atoms with Crippen molar-refractivity contribution in [3.05, 3.63) is 83.9 Å². The SMILES string of the molecule is Cc1nccn1Cc1ccccc1C(=O)N1CCC2(CC1)C[C@H](Oc1ccccc1)CO2. The van der Waals surface area contributed by atoms with Gasteiger partial charge in [0.1, 0.15) is 17.7 Å². The van der Waals surface area contributed by atoms with Crippen molar-refractivity contribution in [2.45, 2.75) is 44.4 Å². The molecule has 2 aromatic carbocycles. The normalized spacial score (nSPS) is 19.9. The number of piperidine rings is 1. The highest BCUT2D eigenvalue weighted by Crippen LogP contribution is 2.37. The molecule has 6 nitrogen and oxygen atoms in total. The number of hydrogen-bond acceptors (Lipinski definition) is 4. The molecule has 6 heteroatoms. The number of hydrogen-bond donors (Lipinski definition) is 0. The number of nitrogens with zero attached hydrogens (tertiary/aromatic N) is 3. The Morgan fingerprint density at radius 2 is 1.88 bits per heavy atom. The molecule has 0 N–H and O–H groups in total. The number of aryl methyl sites for hydroxylation is 1. The molecule has 2 fully saturated rings. The molecule has 3 heterocycles. The van der Waals surface area contributed by atoms with Crippen molar-refractivity contribution in [3.63, 3.8) is 0 Å². The Balaban J connectivity index is 1.22. The lowest BCUT2D eigenvalue weighted by Gasteiger charge is -2.38. The summed E-state index contributed by atoms with van der Waals surface area (Å²) in [5, 5.41) is 0. The van der Waals surface area contributed by atoms with Crippen molar-refractivity contribution < 1.29 is 14.3 Å². The van der Waals surface area contributed by atoms with Gasteiger partial charge in [0.2, 0.25) is 0 Å². The van der Waals surface area contributed by atoms with Crippen LogP contribution < -0.4 is 4.74 Å². The lowest BCUT2D eigenvalue weighted by molar-refractivity contribution is -0.0395. The number of carbonyl (C=O) groups excluding carboxylic acids is 1. The number of likely N-dealkylation sites (tertiary alicyclic amines) is 1. The minimum absolute atomic E-state index is 0.0683. The van der Waals surface area contributed by atoms with Crippen molar-refractivity contribution >= 4 is 5.91 Å². The van der Waals surface area contributed by atoms with Crippen molar-refractivity contribution in [2.24, 2.45) is 0 Å². The van der Waals surface area contributed by atoms with E-state index in [1.54, 1.807) is 6.20 Å². The topological polar surface area (TPSA) is 56.6 Å². The third-order valence-electron chi connectivity index (χ3n) is 6.70. The van der Waals surface area contributed by atoms with Crippen LogP contribution in [0.25, 0.3) is 0 Å². The molecule has 1 spiro atoms. The maximum atomic E-state index is 13.4. The van der Waals surface area contributed by atoms with Gasteiger partial charge in [0, 0.05) is 44.0 Å². The molecule has 32 heavy (non-hydrogen) atoms. The predicted molar refractivity (Wildman–Crippen MR) is 122 cm³/mol. The number of carbonyl (C=O) groups is 1. The first-order valence-corrected chi connectivity index (χ1v) is 11.3. The number of aromatic nitrogens is 2. The largest absolute Gasteiger partial charge is 0.488 e. The van der Waals surface area contributed by atoms with Gasteiger partial charge in [-0.15, -0.1) is 0 Å². The van der Waals surface area contributed by atoms with Crippen LogP contribution in [0, 0.1) is 6.92 Å². The van der Waals surface area contributed by atoms with E-state index in [1.165, 1.54) is 0 Å². The van der Waals surface area contributed by atoms with Crippen LogP contribution >= 0.6 is 0 Å². The molecular formula is C26H29N3O3. The molecule has 1 aromatic heterocycles. The molecule has 0 bridgehead atoms. The van der Waals surface area contributed by atoms with Crippen LogP contribution in [0.5, 0.6) is 5.75 Å². The maximum absolute atomic E-state index is 13.4. The second-order valence-corrected chi connectivity index (χ2v) is 8.80. The van der Waals surface area contributed by atoms with Crippen molar-refractivity contribution in [1.82, 2.24) is 14.5 Å². The summed E-state index contributed by atoms with van der Waals surface area (Å²) in [5.41, 5.74) is 1.62. The summed E-state index contributed by atoms with van der Waals surface area (Å²) >= 11 is 0. The first kappa shape index (κ1) is 20.8. The number of amides is 1. The Kier molecular flexibility index (Phi) is 5.70. The number of imidazole rings is 1. The van der Waals surface area contributed by atoms with Gasteiger partial charge in [-0.2, -0.15) is 0 Å². The molecule has 5 rings (SSSR count). The number of benzene rings is 2. The van der Waals surface area contributed by atoms with Gasteiger partial charge >= 0.3 is 0 Å². The maximum Gasteiger partial charge on any atom is 0.254 e. The Morgan fingerprint density at radius 1 is 1.12 bits per heavy atom. The Bertz CT molecular complexity index is 1070. The van der Waals surface area contributed by atoms with E-state index in [4.69, 9.17) is 9.47 Å². The first-order chi connectivity index (χ1) is 15.6. The van der Waals surface area contributed by atoms with Gasteiger partial charge in [-0.3, -0.25) is 4.79 Å². The molecule has 0 radical (unpaired) electrons. The summed E-state index contributed by atoms with van der Waals surface area (Å²) in [5.74, 6) is 1.93. The standard InChI is InChI=1S/C26H29N3O3/c1-20-27-13-16-29(20)18-21-7-5-6-10-24(21)25(30)28-14-11-26(12-15-28)17-23(19-31-26)32-22-8-3-2-4-9-22/h2-10,13,16,23H,11-12,14-15,17-19H2,1H3/t23-/m0/s1. The average Bonchev–Trinajstić information content (AvgIpc) is 3.41. The lowest BCUT2D eigenvalue weighted by atomic mass is 9.87. The van der Waals surface area contributed by atoms with Crippen LogP contribution in [0.15, 0.2) is 67.0 Å². The first-order valence-electron chi connectivity index (χ1n) is 11.3. The lowest BCUT2D eigenvalue weighted by Crippen LogP contribution is -2.46. The number of para-hydroxylation sites is 1. The zero-order chi connectivity index (χ0) is 22.0. The molecule has 2 aliphatic heterocycles. The molecule has 0 aliphatic carbocycles.